The zero-order valence-electron chi connectivity index (χ0n) is 12.4. The second kappa shape index (κ2) is 6.11. The summed E-state index contributed by atoms with van der Waals surface area (Å²) in [6, 6.07) is 3.02. The number of amides is 2. The quantitative estimate of drug-likeness (QED) is 0.893. The average molecular weight is 291 g/mol. The van der Waals surface area contributed by atoms with Gasteiger partial charge in [-0.15, -0.1) is 0 Å². The van der Waals surface area contributed by atoms with E-state index in [0.717, 1.165) is 31.5 Å². The van der Waals surface area contributed by atoms with Crippen LogP contribution in [0.5, 0.6) is 0 Å². The predicted molar refractivity (Wildman–Crippen MR) is 78.0 cm³/mol. The number of nitrogens with zero attached hydrogens (tertiary/aromatic N) is 2. The van der Waals surface area contributed by atoms with Gasteiger partial charge in [-0.2, -0.15) is 0 Å². The summed E-state index contributed by atoms with van der Waals surface area (Å²) in [6.45, 7) is 6.34. The van der Waals surface area contributed by atoms with Gasteiger partial charge in [-0.3, -0.25) is 0 Å². The minimum absolute atomic E-state index is 0.00309. The Bertz CT molecular complexity index is 515. The van der Waals surface area contributed by atoms with Crippen LogP contribution in [0.3, 0.4) is 0 Å². The Balaban J connectivity index is 1.82. The molecule has 0 atom stereocenters. The predicted octanol–water partition coefficient (Wildman–Crippen LogP) is 2.11. The molecule has 0 spiro atoms. The summed E-state index contributed by atoms with van der Waals surface area (Å²) in [7, 11) is 0. The Kier molecular flexibility index (Phi) is 4.45. The summed E-state index contributed by atoms with van der Waals surface area (Å²) in [5.41, 5.74) is 1.10. The monoisotopic (exact) mass is 291 g/mol. The van der Waals surface area contributed by atoms with Crippen LogP contribution in [0, 0.1) is 5.41 Å². The number of carboxylic acids is 1. The minimum Gasteiger partial charge on any atom is -0.477 e. The van der Waals surface area contributed by atoms with Crippen molar-refractivity contribution in [3.05, 3.63) is 29.6 Å². The third-order valence-electron chi connectivity index (χ3n) is 3.89. The number of aromatic nitrogens is 1. The van der Waals surface area contributed by atoms with E-state index in [1.807, 2.05) is 4.90 Å². The molecule has 6 heteroatoms. The van der Waals surface area contributed by atoms with Gasteiger partial charge in [0.2, 0.25) is 0 Å². The van der Waals surface area contributed by atoms with Crippen LogP contribution in [-0.4, -0.2) is 40.1 Å². The van der Waals surface area contributed by atoms with E-state index in [-0.39, 0.29) is 11.7 Å². The maximum Gasteiger partial charge on any atom is 0.354 e. The van der Waals surface area contributed by atoms with Crippen molar-refractivity contribution in [3.63, 3.8) is 0 Å². The van der Waals surface area contributed by atoms with Crippen LogP contribution in [0.1, 0.15) is 42.7 Å². The Morgan fingerprint density at radius 2 is 2.00 bits per heavy atom. The summed E-state index contributed by atoms with van der Waals surface area (Å²) in [5, 5.41) is 11.6. The molecule has 2 N–H and O–H groups in total. The highest BCUT2D eigenvalue weighted by atomic mass is 16.4. The van der Waals surface area contributed by atoms with Gasteiger partial charge >= 0.3 is 12.0 Å². The normalized spacial score (nSPS) is 17.3. The van der Waals surface area contributed by atoms with Gasteiger partial charge in [-0.25, -0.2) is 14.6 Å². The second-order valence-corrected chi connectivity index (χ2v) is 6.17. The topological polar surface area (TPSA) is 82.5 Å². The van der Waals surface area contributed by atoms with Crippen molar-refractivity contribution in [1.82, 2.24) is 15.2 Å². The maximum atomic E-state index is 12.1. The first kappa shape index (κ1) is 15.3. The van der Waals surface area contributed by atoms with E-state index in [4.69, 9.17) is 5.11 Å². The van der Waals surface area contributed by atoms with Crippen molar-refractivity contribution >= 4 is 12.0 Å². The fraction of sp³-hybridized carbons (Fsp3) is 0.533. The molecular weight excluding hydrogens is 270 g/mol. The molecule has 1 aliphatic heterocycles. The van der Waals surface area contributed by atoms with Crippen molar-refractivity contribution in [2.75, 3.05) is 13.1 Å². The van der Waals surface area contributed by atoms with E-state index < -0.39 is 5.97 Å². The van der Waals surface area contributed by atoms with Crippen LogP contribution >= 0.6 is 0 Å². The lowest BCUT2D eigenvalue weighted by molar-refractivity contribution is 0.0690. The summed E-state index contributed by atoms with van der Waals surface area (Å²) in [4.78, 5) is 28.4. The van der Waals surface area contributed by atoms with E-state index in [2.05, 4.69) is 24.1 Å². The summed E-state index contributed by atoms with van der Waals surface area (Å²) in [6.07, 6.45) is 3.49. The highest BCUT2D eigenvalue weighted by molar-refractivity contribution is 5.85. The van der Waals surface area contributed by atoms with Crippen molar-refractivity contribution in [2.45, 2.75) is 33.2 Å². The van der Waals surface area contributed by atoms with Gasteiger partial charge in [-0.05, 0) is 29.9 Å². The first-order chi connectivity index (χ1) is 9.87. The van der Waals surface area contributed by atoms with E-state index in [9.17, 15) is 9.59 Å². The molecule has 1 fully saturated rings. The summed E-state index contributed by atoms with van der Waals surface area (Å²) in [5.74, 6) is -1.05. The van der Waals surface area contributed by atoms with Gasteiger partial charge in [0.1, 0.15) is 5.69 Å². The van der Waals surface area contributed by atoms with Gasteiger partial charge in [0.05, 0.1) is 0 Å². The fourth-order valence-electron chi connectivity index (χ4n) is 2.26. The lowest BCUT2D eigenvalue weighted by Crippen LogP contribution is -2.45. The standard InChI is InChI=1S/C15H21N3O3/c1-15(2)5-7-18(8-6-15)14(21)17-10-11-3-4-12(13(19)20)16-9-11/h3-4,9H,5-8,10H2,1-2H3,(H,17,21)(H,19,20). The molecule has 1 aromatic heterocycles. The molecule has 2 heterocycles. The van der Waals surface area contributed by atoms with Gasteiger partial charge in [0, 0.05) is 25.8 Å². The van der Waals surface area contributed by atoms with Crippen molar-refractivity contribution in [1.29, 1.82) is 0 Å². The average Bonchev–Trinajstić information content (AvgIpc) is 2.45. The SMILES string of the molecule is CC1(C)CCN(C(=O)NCc2ccc(C(=O)O)nc2)CC1. The van der Waals surface area contributed by atoms with Crippen LogP contribution in [-0.2, 0) is 6.54 Å². The number of carboxylic acid groups (broad SMARTS) is 1. The molecule has 0 aromatic carbocycles. The van der Waals surface area contributed by atoms with E-state index in [0.29, 0.717) is 12.0 Å². The summed E-state index contributed by atoms with van der Waals surface area (Å²) >= 11 is 0. The Morgan fingerprint density at radius 3 is 2.52 bits per heavy atom. The molecule has 1 aromatic rings. The second-order valence-electron chi connectivity index (χ2n) is 6.17. The number of aromatic carboxylic acids is 1. The summed E-state index contributed by atoms with van der Waals surface area (Å²) < 4.78 is 0. The van der Waals surface area contributed by atoms with Crippen LogP contribution in [0.2, 0.25) is 0 Å². The van der Waals surface area contributed by atoms with Crippen LogP contribution in [0.15, 0.2) is 18.3 Å². The molecule has 0 bridgehead atoms. The van der Waals surface area contributed by atoms with Crippen molar-refractivity contribution in [2.24, 2.45) is 5.41 Å². The molecule has 2 amide bonds. The largest absolute Gasteiger partial charge is 0.477 e. The van der Waals surface area contributed by atoms with Crippen molar-refractivity contribution in [3.8, 4) is 0 Å². The van der Waals surface area contributed by atoms with Gasteiger partial charge in [-0.1, -0.05) is 19.9 Å². The number of hydrogen-bond donors (Lipinski definition) is 2. The molecule has 2 rings (SSSR count). The highest BCUT2D eigenvalue weighted by Crippen LogP contribution is 2.29. The van der Waals surface area contributed by atoms with Crippen molar-refractivity contribution < 1.29 is 14.7 Å². The minimum atomic E-state index is -1.05. The smallest absolute Gasteiger partial charge is 0.354 e. The number of carbonyl (C=O) groups excluding carboxylic acids is 1. The van der Waals surface area contributed by atoms with Gasteiger partial charge in [0.15, 0.2) is 0 Å². The third kappa shape index (κ3) is 4.18. The van der Waals surface area contributed by atoms with Gasteiger partial charge < -0.3 is 15.3 Å². The molecule has 21 heavy (non-hydrogen) atoms. The van der Waals surface area contributed by atoms with E-state index >= 15 is 0 Å². The number of piperidine rings is 1. The van der Waals surface area contributed by atoms with Crippen LogP contribution in [0.25, 0.3) is 0 Å². The first-order valence-electron chi connectivity index (χ1n) is 7.08. The number of hydrogen-bond acceptors (Lipinski definition) is 3. The van der Waals surface area contributed by atoms with Gasteiger partial charge in [0.25, 0.3) is 0 Å². The Hall–Kier alpha value is -2.11. The Labute approximate surface area is 124 Å². The molecule has 1 aliphatic rings. The highest BCUT2D eigenvalue weighted by Gasteiger charge is 2.27. The van der Waals surface area contributed by atoms with Crippen LogP contribution in [0.4, 0.5) is 4.79 Å². The molecule has 0 saturated carbocycles. The molecule has 1 saturated heterocycles. The fourth-order valence-corrected chi connectivity index (χ4v) is 2.26. The van der Waals surface area contributed by atoms with Crippen LogP contribution < -0.4 is 5.32 Å². The number of urea groups is 1. The molecule has 0 radical (unpaired) electrons. The maximum absolute atomic E-state index is 12.1. The lowest BCUT2D eigenvalue weighted by atomic mass is 9.83. The molecular formula is C15H21N3O3. The number of rotatable bonds is 3. The van der Waals surface area contributed by atoms with E-state index in [1.165, 1.54) is 12.3 Å². The number of nitrogens with one attached hydrogen (secondary N) is 1. The molecule has 0 aliphatic carbocycles. The molecule has 6 nitrogen and oxygen atoms in total. The third-order valence-corrected chi connectivity index (χ3v) is 3.89. The zero-order chi connectivity index (χ0) is 15.5. The lowest BCUT2D eigenvalue weighted by Gasteiger charge is -2.36. The molecule has 114 valence electrons. The number of carbonyl (C=O) groups is 2. The first-order valence-corrected chi connectivity index (χ1v) is 7.08. The van der Waals surface area contributed by atoms with E-state index in [1.54, 1.807) is 6.07 Å². The number of likely N-dealkylation sites (tertiary alicyclic amines) is 1. The number of pyridine rings is 1. The molecule has 0 unspecified atom stereocenters. The Morgan fingerprint density at radius 1 is 1.33 bits per heavy atom. The zero-order valence-corrected chi connectivity index (χ0v) is 12.4.